The van der Waals surface area contributed by atoms with Gasteiger partial charge in [-0.15, -0.1) is 0 Å². The number of carboxylic acids is 1. The zero-order valence-corrected chi connectivity index (χ0v) is 13.0. The van der Waals surface area contributed by atoms with Crippen LogP contribution in [-0.2, 0) is 9.53 Å². The molecule has 0 saturated carbocycles. The monoisotopic (exact) mass is 299 g/mol. The molecule has 0 aromatic rings. The Labute approximate surface area is 125 Å². The summed E-state index contributed by atoms with van der Waals surface area (Å²) >= 11 is 0. The first-order chi connectivity index (χ1) is 9.91. The lowest BCUT2D eigenvalue weighted by atomic mass is 10.0. The van der Waals surface area contributed by atoms with E-state index in [1.807, 2.05) is 0 Å². The number of hydrogen-bond donors (Lipinski definition) is 1. The first-order valence-electron chi connectivity index (χ1n) is 7.40. The van der Waals surface area contributed by atoms with Gasteiger partial charge in [-0.3, -0.25) is 4.79 Å². The van der Waals surface area contributed by atoms with Gasteiger partial charge in [0.05, 0.1) is 19.3 Å². The number of amides is 2. The van der Waals surface area contributed by atoms with Crippen LogP contribution in [0.4, 0.5) is 4.79 Å². The molecule has 0 aliphatic carbocycles. The summed E-state index contributed by atoms with van der Waals surface area (Å²) in [5.74, 6) is -1.54. The number of ether oxygens (including phenoxy) is 1. The lowest BCUT2D eigenvalue weighted by molar-refractivity contribution is -0.142. The van der Waals surface area contributed by atoms with Crippen molar-refractivity contribution in [3.8, 4) is 0 Å². The van der Waals surface area contributed by atoms with Gasteiger partial charge < -0.3 is 24.5 Å². The Bertz CT molecular complexity index is 404. The molecule has 2 fully saturated rings. The first-order valence-corrected chi connectivity index (χ1v) is 7.40. The molecule has 1 N–H and O–H groups in total. The van der Waals surface area contributed by atoms with Gasteiger partial charge in [0, 0.05) is 26.7 Å². The van der Waals surface area contributed by atoms with E-state index in [9.17, 15) is 14.7 Å². The summed E-state index contributed by atoms with van der Waals surface area (Å²) < 4.78 is 5.23. The van der Waals surface area contributed by atoms with Crippen molar-refractivity contribution < 1.29 is 19.4 Å². The summed E-state index contributed by atoms with van der Waals surface area (Å²) in [6, 6.07) is -0.141. The van der Waals surface area contributed by atoms with E-state index in [0.29, 0.717) is 12.6 Å². The fraction of sp³-hybridized carbons (Fsp3) is 0.857. The van der Waals surface area contributed by atoms with Crippen LogP contribution in [0.2, 0.25) is 0 Å². The van der Waals surface area contributed by atoms with Gasteiger partial charge in [-0.25, -0.2) is 4.79 Å². The molecular formula is C14H25N3O4. The summed E-state index contributed by atoms with van der Waals surface area (Å²) in [5, 5.41) is 9.18. The summed E-state index contributed by atoms with van der Waals surface area (Å²) in [5.41, 5.74) is 0. The highest BCUT2D eigenvalue weighted by Crippen LogP contribution is 2.21. The molecule has 2 amide bonds. The minimum Gasteiger partial charge on any atom is -0.481 e. The molecule has 2 heterocycles. The zero-order chi connectivity index (χ0) is 15.6. The number of aliphatic carboxylic acids is 1. The molecule has 0 aromatic carbocycles. The second kappa shape index (κ2) is 6.62. The minimum absolute atomic E-state index is 0.142. The molecule has 2 saturated heterocycles. The Balaban J connectivity index is 1.93. The Morgan fingerprint density at radius 2 is 2.05 bits per heavy atom. The summed E-state index contributed by atoms with van der Waals surface area (Å²) in [4.78, 5) is 29.1. The number of nitrogens with zero attached hydrogens (tertiary/aromatic N) is 3. The van der Waals surface area contributed by atoms with Gasteiger partial charge >= 0.3 is 12.0 Å². The summed E-state index contributed by atoms with van der Waals surface area (Å²) in [6.45, 7) is 2.20. The standard InChI is InChI=1S/C14H25N3O4/c1-15-6-4-5-10(15)7-16(2)14(20)17(3)12-9-21-8-11(12)13(18)19/h10-12H,4-9H2,1-3H3,(H,18,19). The maximum Gasteiger partial charge on any atom is 0.319 e. The van der Waals surface area contributed by atoms with Crippen molar-refractivity contribution in [2.45, 2.75) is 24.9 Å². The van der Waals surface area contributed by atoms with Gasteiger partial charge in [-0.2, -0.15) is 0 Å². The lowest BCUT2D eigenvalue weighted by Gasteiger charge is -2.33. The second-order valence-corrected chi connectivity index (χ2v) is 6.10. The molecule has 2 aliphatic heterocycles. The Hall–Kier alpha value is -1.34. The SMILES string of the molecule is CN(CC1CCCN1C)C(=O)N(C)C1COCC1C(=O)O. The third-order valence-corrected chi connectivity index (χ3v) is 4.65. The van der Waals surface area contributed by atoms with Crippen molar-refractivity contribution in [2.75, 3.05) is 47.4 Å². The van der Waals surface area contributed by atoms with Crippen LogP contribution in [0.5, 0.6) is 0 Å². The van der Waals surface area contributed by atoms with E-state index in [2.05, 4.69) is 11.9 Å². The molecule has 2 rings (SSSR count). The highest BCUT2D eigenvalue weighted by atomic mass is 16.5. The summed E-state index contributed by atoms with van der Waals surface area (Å²) in [7, 11) is 5.51. The fourth-order valence-electron chi connectivity index (χ4n) is 3.18. The Morgan fingerprint density at radius 3 is 2.62 bits per heavy atom. The number of likely N-dealkylation sites (N-methyl/N-ethyl adjacent to an activating group) is 3. The van der Waals surface area contributed by atoms with E-state index in [4.69, 9.17) is 4.74 Å². The maximum atomic E-state index is 12.5. The average molecular weight is 299 g/mol. The zero-order valence-electron chi connectivity index (χ0n) is 13.0. The Kier molecular flexibility index (Phi) is 5.05. The topological polar surface area (TPSA) is 73.3 Å². The van der Waals surface area contributed by atoms with E-state index in [1.165, 1.54) is 4.90 Å². The van der Waals surface area contributed by atoms with E-state index < -0.39 is 17.9 Å². The van der Waals surface area contributed by atoms with Crippen molar-refractivity contribution in [1.29, 1.82) is 0 Å². The number of carbonyl (C=O) groups excluding carboxylic acids is 1. The van der Waals surface area contributed by atoms with Crippen molar-refractivity contribution in [3.05, 3.63) is 0 Å². The van der Waals surface area contributed by atoms with Crippen LogP contribution in [0.3, 0.4) is 0 Å². The minimum atomic E-state index is -0.907. The highest BCUT2D eigenvalue weighted by molar-refractivity contribution is 5.77. The van der Waals surface area contributed by atoms with Crippen LogP contribution < -0.4 is 0 Å². The molecule has 7 heteroatoms. The quantitative estimate of drug-likeness (QED) is 0.801. The third-order valence-electron chi connectivity index (χ3n) is 4.65. The van der Waals surface area contributed by atoms with Crippen molar-refractivity contribution >= 4 is 12.0 Å². The molecule has 21 heavy (non-hydrogen) atoms. The first kappa shape index (κ1) is 16.0. The predicted octanol–water partition coefficient (Wildman–Crippen LogP) is 0.164. The normalized spacial score (nSPS) is 29.6. The number of likely N-dealkylation sites (tertiary alicyclic amines) is 1. The molecule has 0 spiro atoms. The Morgan fingerprint density at radius 1 is 1.33 bits per heavy atom. The van der Waals surface area contributed by atoms with Crippen molar-refractivity contribution in [3.63, 3.8) is 0 Å². The molecule has 0 aromatic heterocycles. The molecule has 7 nitrogen and oxygen atoms in total. The van der Waals surface area contributed by atoms with Gasteiger partial charge in [0.15, 0.2) is 0 Å². The average Bonchev–Trinajstić information content (AvgIpc) is 3.06. The van der Waals surface area contributed by atoms with Crippen LogP contribution in [0, 0.1) is 5.92 Å². The van der Waals surface area contributed by atoms with Crippen LogP contribution >= 0.6 is 0 Å². The van der Waals surface area contributed by atoms with Gasteiger partial charge in [0.1, 0.15) is 5.92 Å². The number of hydrogen-bond acceptors (Lipinski definition) is 4. The van der Waals surface area contributed by atoms with E-state index in [-0.39, 0.29) is 19.2 Å². The maximum absolute atomic E-state index is 12.5. The van der Waals surface area contributed by atoms with Crippen LogP contribution in [0.1, 0.15) is 12.8 Å². The smallest absolute Gasteiger partial charge is 0.319 e. The van der Waals surface area contributed by atoms with E-state index in [1.54, 1.807) is 19.0 Å². The number of carboxylic acid groups (broad SMARTS) is 1. The van der Waals surface area contributed by atoms with Gasteiger partial charge in [0.2, 0.25) is 0 Å². The molecule has 2 aliphatic rings. The molecule has 3 atom stereocenters. The lowest BCUT2D eigenvalue weighted by Crippen LogP contribution is -2.51. The van der Waals surface area contributed by atoms with Gasteiger partial charge in [-0.1, -0.05) is 0 Å². The molecule has 3 unspecified atom stereocenters. The third kappa shape index (κ3) is 3.47. The summed E-state index contributed by atoms with van der Waals surface area (Å²) in [6.07, 6.45) is 2.26. The van der Waals surface area contributed by atoms with Gasteiger partial charge in [0.25, 0.3) is 0 Å². The largest absolute Gasteiger partial charge is 0.481 e. The van der Waals surface area contributed by atoms with Crippen molar-refractivity contribution in [2.24, 2.45) is 5.92 Å². The molecule has 0 radical (unpaired) electrons. The second-order valence-electron chi connectivity index (χ2n) is 6.10. The van der Waals surface area contributed by atoms with E-state index in [0.717, 1.165) is 19.4 Å². The van der Waals surface area contributed by atoms with Crippen LogP contribution in [0.15, 0.2) is 0 Å². The van der Waals surface area contributed by atoms with Crippen molar-refractivity contribution in [1.82, 2.24) is 14.7 Å². The highest BCUT2D eigenvalue weighted by Gasteiger charge is 2.39. The number of urea groups is 1. The van der Waals surface area contributed by atoms with Gasteiger partial charge in [-0.05, 0) is 26.4 Å². The predicted molar refractivity (Wildman–Crippen MR) is 77.2 cm³/mol. The fourth-order valence-corrected chi connectivity index (χ4v) is 3.18. The number of carbonyl (C=O) groups is 2. The number of rotatable bonds is 4. The van der Waals surface area contributed by atoms with E-state index >= 15 is 0 Å². The molecular weight excluding hydrogens is 274 g/mol. The van der Waals surface area contributed by atoms with Crippen LogP contribution in [0.25, 0.3) is 0 Å². The molecule has 0 bridgehead atoms. The molecule has 120 valence electrons. The van der Waals surface area contributed by atoms with Crippen LogP contribution in [-0.4, -0.2) is 91.3 Å².